The summed E-state index contributed by atoms with van der Waals surface area (Å²) in [6, 6.07) is 11.9. The van der Waals surface area contributed by atoms with E-state index in [-0.39, 0.29) is 12.4 Å². The van der Waals surface area contributed by atoms with Gasteiger partial charge in [0.1, 0.15) is 12.4 Å². The van der Waals surface area contributed by atoms with Crippen LogP contribution in [-0.2, 0) is 6.61 Å². The third-order valence-electron chi connectivity index (χ3n) is 3.96. The number of H-pyrrole nitrogens is 1. The van der Waals surface area contributed by atoms with Crippen molar-refractivity contribution in [3.05, 3.63) is 59.7 Å². The van der Waals surface area contributed by atoms with Crippen molar-refractivity contribution in [3.63, 3.8) is 0 Å². The summed E-state index contributed by atoms with van der Waals surface area (Å²) in [6.07, 6.45) is 1.42. The molecule has 9 heteroatoms. The van der Waals surface area contributed by atoms with E-state index in [0.29, 0.717) is 33.6 Å². The first-order valence-corrected chi connectivity index (χ1v) is 7.89. The van der Waals surface area contributed by atoms with Crippen LogP contribution >= 0.6 is 0 Å². The Balaban J connectivity index is 1.61. The van der Waals surface area contributed by atoms with Gasteiger partial charge in [0.2, 0.25) is 5.95 Å². The van der Waals surface area contributed by atoms with Crippen molar-refractivity contribution in [2.75, 3.05) is 5.73 Å². The fourth-order valence-corrected chi connectivity index (χ4v) is 2.63. The number of nitrogens with zero attached hydrogens (tertiary/aromatic N) is 5. The maximum atomic E-state index is 13.0. The number of rotatable bonds is 4. The van der Waals surface area contributed by atoms with E-state index in [2.05, 4.69) is 31.4 Å². The molecular weight excluding hydrogens is 349 g/mol. The number of nitriles is 1. The van der Waals surface area contributed by atoms with E-state index in [9.17, 15) is 9.65 Å². The highest BCUT2D eigenvalue weighted by atomic mass is 19.1. The average Bonchev–Trinajstić information content (AvgIpc) is 3.15. The molecule has 1 aromatic carbocycles. The Bertz CT molecular complexity index is 1160. The zero-order valence-electron chi connectivity index (χ0n) is 13.8. The summed E-state index contributed by atoms with van der Waals surface area (Å²) in [5, 5.41) is 19.7. The quantitative estimate of drug-likeness (QED) is 0.535. The predicted octanol–water partition coefficient (Wildman–Crippen LogP) is 2.59. The van der Waals surface area contributed by atoms with E-state index in [1.807, 2.05) is 6.07 Å². The van der Waals surface area contributed by atoms with Gasteiger partial charge in [0.25, 0.3) is 0 Å². The molecule has 3 aromatic heterocycles. The van der Waals surface area contributed by atoms with E-state index in [1.165, 1.54) is 12.3 Å². The number of benzene rings is 1. The van der Waals surface area contributed by atoms with Gasteiger partial charge in [-0.25, -0.2) is 15.1 Å². The van der Waals surface area contributed by atoms with Gasteiger partial charge in [-0.05, 0) is 23.8 Å². The molecule has 3 N–H and O–H groups in total. The third-order valence-corrected chi connectivity index (χ3v) is 3.96. The maximum Gasteiger partial charge on any atom is 0.212 e. The molecule has 4 rings (SSSR count). The molecule has 8 nitrogen and oxygen atoms in total. The normalized spacial score (nSPS) is 10.7. The lowest BCUT2D eigenvalue weighted by Gasteiger charge is -2.10. The largest absolute Gasteiger partial charge is 0.486 e. The fraction of sp³-hybridized carbons (Fsp3) is 0.0556. The molecule has 0 atom stereocenters. The molecule has 27 heavy (non-hydrogen) atoms. The van der Waals surface area contributed by atoms with Crippen molar-refractivity contribution in [2.24, 2.45) is 0 Å². The van der Waals surface area contributed by atoms with Gasteiger partial charge in [-0.15, -0.1) is 5.10 Å². The number of hydrogen-bond acceptors (Lipinski definition) is 7. The van der Waals surface area contributed by atoms with Gasteiger partial charge in [0.05, 0.1) is 11.6 Å². The van der Waals surface area contributed by atoms with Gasteiger partial charge < -0.3 is 10.5 Å². The summed E-state index contributed by atoms with van der Waals surface area (Å²) in [4.78, 5) is 7.70. The molecule has 3 heterocycles. The lowest BCUT2D eigenvalue weighted by molar-refractivity contribution is 0.309. The maximum absolute atomic E-state index is 13.0. The molecule has 0 spiro atoms. The number of nitrogens with two attached hydrogens (primary N) is 1. The second-order valence-electron chi connectivity index (χ2n) is 5.70. The van der Waals surface area contributed by atoms with Crippen LogP contribution in [0.3, 0.4) is 0 Å². The van der Waals surface area contributed by atoms with Crippen LogP contribution in [0.15, 0.2) is 42.6 Å². The van der Waals surface area contributed by atoms with Crippen molar-refractivity contribution < 1.29 is 9.13 Å². The predicted molar refractivity (Wildman–Crippen MR) is 94.8 cm³/mol. The van der Waals surface area contributed by atoms with E-state index < -0.39 is 5.95 Å². The van der Waals surface area contributed by atoms with E-state index >= 15 is 0 Å². The molecule has 0 saturated carbocycles. The van der Waals surface area contributed by atoms with Crippen LogP contribution in [-0.4, -0.2) is 25.4 Å². The number of nitrogens with one attached hydrogen (secondary N) is 1. The lowest BCUT2D eigenvalue weighted by atomic mass is 10.0. The first-order chi connectivity index (χ1) is 13.1. The van der Waals surface area contributed by atoms with Crippen LogP contribution in [0, 0.1) is 17.3 Å². The number of aromatic nitrogens is 5. The SMILES string of the molecule is N#Cc1cc(-c2ccc(F)nc2)ccc1COc1cc(N)nc2[nH]nnc12. The third kappa shape index (κ3) is 3.23. The second-order valence-corrected chi connectivity index (χ2v) is 5.70. The molecule has 0 unspecified atom stereocenters. The molecule has 0 bridgehead atoms. The van der Waals surface area contributed by atoms with Gasteiger partial charge in [-0.3, -0.25) is 0 Å². The van der Waals surface area contributed by atoms with Crippen molar-refractivity contribution >= 4 is 17.0 Å². The Morgan fingerprint density at radius 3 is 2.81 bits per heavy atom. The molecule has 0 fully saturated rings. The number of fused-ring (bicyclic) bond motifs is 1. The van der Waals surface area contributed by atoms with E-state index in [1.54, 1.807) is 24.3 Å². The van der Waals surface area contributed by atoms with Gasteiger partial charge >= 0.3 is 0 Å². The van der Waals surface area contributed by atoms with E-state index in [4.69, 9.17) is 10.5 Å². The van der Waals surface area contributed by atoms with Crippen LogP contribution in [0.1, 0.15) is 11.1 Å². The zero-order valence-corrected chi connectivity index (χ0v) is 13.8. The number of hydrogen-bond donors (Lipinski definition) is 2. The smallest absolute Gasteiger partial charge is 0.212 e. The summed E-state index contributed by atoms with van der Waals surface area (Å²) < 4.78 is 18.8. The molecule has 132 valence electrons. The van der Waals surface area contributed by atoms with Crippen LogP contribution < -0.4 is 10.5 Å². The van der Waals surface area contributed by atoms with Crippen LogP contribution in [0.25, 0.3) is 22.3 Å². The minimum Gasteiger partial charge on any atom is -0.486 e. The first-order valence-electron chi connectivity index (χ1n) is 7.89. The molecule has 4 aromatic rings. The molecule has 0 aliphatic heterocycles. The Labute approximate surface area is 152 Å². The Morgan fingerprint density at radius 1 is 1.19 bits per heavy atom. The summed E-state index contributed by atoms with van der Waals surface area (Å²) in [5.41, 5.74) is 9.23. The van der Waals surface area contributed by atoms with Crippen molar-refractivity contribution in [1.29, 1.82) is 5.26 Å². The number of aromatic amines is 1. The number of nitrogen functional groups attached to an aromatic ring is 1. The number of halogens is 1. The number of ether oxygens (including phenoxy) is 1. The minimum absolute atomic E-state index is 0.135. The van der Waals surface area contributed by atoms with Gasteiger partial charge in [0, 0.05) is 23.4 Å². The number of pyridine rings is 2. The van der Waals surface area contributed by atoms with Gasteiger partial charge in [-0.2, -0.15) is 9.65 Å². The van der Waals surface area contributed by atoms with Crippen molar-refractivity contribution in [3.8, 4) is 22.9 Å². The summed E-state index contributed by atoms with van der Waals surface area (Å²) in [6.45, 7) is 0.135. The monoisotopic (exact) mass is 361 g/mol. The van der Waals surface area contributed by atoms with Crippen molar-refractivity contribution in [2.45, 2.75) is 6.61 Å². The lowest BCUT2D eigenvalue weighted by Crippen LogP contribution is -2.01. The molecule has 0 amide bonds. The summed E-state index contributed by atoms with van der Waals surface area (Å²) >= 11 is 0. The summed E-state index contributed by atoms with van der Waals surface area (Å²) in [5.74, 6) is 0.130. The van der Waals surface area contributed by atoms with Gasteiger partial charge in [-0.1, -0.05) is 17.3 Å². The highest BCUT2D eigenvalue weighted by Gasteiger charge is 2.11. The Morgan fingerprint density at radius 2 is 2.04 bits per heavy atom. The van der Waals surface area contributed by atoms with Gasteiger partial charge in [0.15, 0.2) is 16.9 Å². The average molecular weight is 361 g/mol. The fourth-order valence-electron chi connectivity index (χ4n) is 2.63. The topological polar surface area (TPSA) is 126 Å². The number of anilines is 1. The van der Waals surface area contributed by atoms with Crippen LogP contribution in [0.4, 0.5) is 10.2 Å². The standard InChI is InChI=1S/C18H12FN7O/c19-15-4-3-11(8-22-15)10-1-2-12(13(5-10)7-20)9-27-14-6-16(21)23-18-17(14)24-26-25-18/h1-6,8H,9H2,(H3,21,23,24,25,26). The first kappa shape index (κ1) is 16.4. The molecule has 0 aliphatic carbocycles. The molecular formula is C18H12FN7O. The Hall–Kier alpha value is -4.06. The zero-order chi connectivity index (χ0) is 18.8. The Kier molecular flexibility index (Phi) is 4.06. The second kappa shape index (κ2) is 6.68. The van der Waals surface area contributed by atoms with Crippen LogP contribution in [0.5, 0.6) is 5.75 Å². The molecule has 0 saturated heterocycles. The summed E-state index contributed by atoms with van der Waals surface area (Å²) in [7, 11) is 0. The van der Waals surface area contributed by atoms with Crippen LogP contribution in [0.2, 0.25) is 0 Å². The van der Waals surface area contributed by atoms with Crippen molar-refractivity contribution in [1.82, 2.24) is 25.4 Å². The highest BCUT2D eigenvalue weighted by Crippen LogP contribution is 2.26. The molecule has 0 aliphatic rings. The van der Waals surface area contributed by atoms with E-state index in [0.717, 1.165) is 5.56 Å². The highest BCUT2D eigenvalue weighted by molar-refractivity contribution is 5.78. The molecule has 0 radical (unpaired) electrons. The minimum atomic E-state index is -0.555.